The minimum absolute atomic E-state index is 0.204. The number of amides is 3. The topological polar surface area (TPSA) is 49.4 Å². The highest BCUT2D eigenvalue weighted by Gasteiger charge is 2.24. The van der Waals surface area contributed by atoms with Gasteiger partial charge in [0.05, 0.1) is 0 Å². The number of anilines is 1. The van der Waals surface area contributed by atoms with Crippen LogP contribution in [0.25, 0.3) is 0 Å². The van der Waals surface area contributed by atoms with E-state index in [-0.39, 0.29) is 11.9 Å². The molecular formula is C12H14N2O2. The van der Waals surface area contributed by atoms with E-state index in [1.165, 1.54) is 5.56 Å². The van der Waals surface area contributed by atoms with Crippen LogP contribution in [-0.4, -0.2) is 18.5 Å². The van der Waals surface area contributed by atoms with Crippen LogP contribution in [-0.2, 0) is 4.79 Å². The lowest BCUT2D eigenvalue weighted by atomic mass is 10.1. The maximum absolute atomic E-state index is 11.6. The van der Waals surface area contributed by atoms with Gasteiger partial charge in [-0.05, 0) is 37.1 Å². The second-order valence-electron chi connectivity index (χ2n) is 4.02. The van der Waals surface area contributed by atoms with Crippen molar-refractivity contribution in [2.24, 2.45) is 0 Å². The SMILES string of the molecule is Cc1ccc(N2CCC(=O)NC2=O)cc1C. The summed E-state index contributed by atoms with van der Waals surface area (Å²) >= 11 is 0. The van der Waals surface area contributed by atoms with Crippen molar-refractivity contribution in [3.05, 3.63) is 29.3 Å². The van der Waals surface area contributed by atoms with Gasteiger partial charge in [0.2, 0.25) is 5.91 Å². The molecule has 1 aliphatic heterocycles. The summed E-state index contributed by atoms with van der Waals surface area (Å²) in [6.45, 7) is 4.48. The molecule has 1 aliphatic rings. The fourth-order valence-electron chi connectivity index (χ4n) is 1.70. The zero-order valence-corrected chi connectivity index (χ0v) is 9.41. The molecule has 1 fully saturated rings. The van der Waals surface area contributed by atoms with Crippen molar-refractivity contribution >= 4 is 17.6 Å². The van der Waals surface area contributed by atoms with Gasteiger partial charge in [-0.2, -0.15) is 0 Å². The number of nitrogens with one attached hydrogen (secondary N) is 1. The number of carbonyl (C=O) groups is 2. The molecule has 1 aromatic carbocycles. The summed E-state index contributed by atoms with van der Waals surface area (Å²) in [5, 5.41) is 2.31. The smallest absolute Gasteiger partial charge is 0.294 e. The average molecular weight is 218 g/mol. The number of rotatable bonds is 1. The molecule has 0 bridgehead atoms. The Morgan fingerprint density at radius 1 is 1.19 bits per heavy atom. The minimum atomic E-state index is -0.334. The van der Waals surface area contributed by atoms with E-state index in [1.54, 1.807) is 4.90 Å². The molecule has 1 aromatic rings. The lowest BCUT2D eigenvalue weighted by Crippen LogP contribution is -2.49. The molecule has 3 amide bonds. The Morgan fingerprint density at radius 3 is 2.56 bits per heavy atom. The number of aryl methyl sites for hydroxylation is 2. The van der Waals surface area contributed by atoms with E-state index in [0.717, 1.165) is 11.3 Å². The third-order valence-corrected chi connectivity index (χ3v) is 2.86. The predicted molar refractivity (Wildman–Crippen MR) is 61.4 cm³/mol. The van der Waals surface area contributed by atoms with E-state index in [4.69, 9.17) is 0 Å². The summed E-state index contributed by atoms with van der Waals surface area (Å²) in [5.41, 5.74) is 3.17. The lowest BCUT2D eigenvalue weighted by Gasteiger charge is -2.27. The van der Waals surface area contributed by atoms with Gasteiger partial charge in [0.15, 0.2) is 0 Å². The van der Waals surface area contributed by atoms with Gasteiger partial charge in [0.25, 0.3) is 0 Å². The largest absolute Gasteiger partial charge is 0.328 e. The van der Waals surface area contributed by atoms with E-state index in [0.29, 0.717) is 13.0 Å². The van der Waals surface area contributed by atoms with Crippen molar-refractivity contribution in [2.75, 3.05) is 11.4 Å². The minimum Gasteiger partial charge on any atom is -0.294 e. The monoisotopic (exact) mass is 218 g/mol. The second-order valence-corrected chi connectivity index (χ2v) is 4.02. The van der Waals surface area contributed by atoms with Gasteiger partial charge in [0.1, 0.15) is 0 Å². The molecule has 0 aromatic heterocycles. The van der Waals surface area contributed by atoms with Crippen LogP contribution in [0, 0.1) is 13.8 Å². The van der Waals surface area contributed by atoms with Crippen LogP contribution in [0.5, 0.6) is 0 Å². The van der Waals surface area contributed by atoms with Crippen molar-refractivity contribution in [1.82, 2.24) is 5.32 Å². The maximum Gasteiger partial charge on any atom is 0.328 e. The third-order valence-electron chi connectivity index (χ3n) is 2.86. The molecule has 0 spiro atoms. The molecule has 4 nitrogen and oxygen atoms in total. The molecule has 84 valence electrons. The molecule has 1 heterocycles. The molecule has 1 saturated heterocycles. The first-order valence-corrected chi connectivity index (χ1v) is 5.26. The number of nitrogens with zero attached hydrogens (tertiary/aromatic N) is 1. The lowest BCUT2D eigenvalue weighted by molar-refractivity contribution is -0.120. The van der Waals surface area contributed by atoms with Gasteiger partial charge in [-0.25, -0.2) is 4.79 Å². The molecule has 0 radical (unpaired) electrons. The highest BCUT2D eigenvalue weighted by molar-refractivity contribution is 6.05. The van der Waals surface area contributed by atoms with Crippen molar-refractivity contribution in [3.8, 4) is 0 Å². The van der Waals surface area contributed by atoms with Crippen molar-refractivity contribution in [1.29, 1.82) is 0 Å². The zero-order chi connectivity index (χ0) is 11.7. The molecule has 4 heteroatoms. The molecule has 0 aliphatic carbocycles. The first-order valence-electron chi connectivity index (χ1n) is 5.26. The summed E-state index contributed by atoms with van der Waals surface area (Å²) in [6, 6.07) is 5.51. The molecule has 2 rings (SSSR count). The van der Waals surface area contributed by atoms with E-state index in [9.17, 15) is 9.59 Å². The van der Waals surface area contributed by atoms with Crippen LogP contribution >= 0.6 is 0 Å². The third kappa shape index (κ3) is 1.91. The Labute approximate surface area is 94.2 Å². The summed E-state index contributed by atoms with van der Waals surface area (Å²) in [6.07, 6.45) is 0.360. The van der Waals surface area contributed by atoms with E-state index >= 15 is 0 Å². The van der Waals surface area contributed by atoms with Crippen LogP contribution in [0.4, 0.5) is 10.5 Å². The maximum atomic E-state index is 11.6. The Kier molecular flexibility index (Phi) is 2.64. The molecular weight excluding hydrogens is 204 g/mol. The fourth-order valence-corrected chi connectivity index (χ4v) is 1.70. The number of imide groups is 1. The van der Waals surface area contributed by atoms with Gasteiger partial charge in [-0.3, -0.25) is 15.0 Å². The van der Waals surface area contributed by atoms with Gasteiger partial charge in [-0.15, -0.1) is 0 Å². The molecule has 0 unspecified atom stereocenters. The average Bonchev–Trinajstić information content (AvgIpc) is 2.22. The number of carbonyl (C=O) groups excluding carboxylic acids is 2. The normalized spacial score (nSPS) is 16.2. The number of benzene rings is 1. The summed E-state index contributed by atoms with van der Waals surface area (Å²) in [4.78, 5) is 24.2. The Balaban J connectivity index is 2.27. The van der Waals surface area contributed by atoms with E-state index in [1.807, 2.05) is 32.0 Å². The van der Waals surface area contributed by atoms with Gasteiger partial charge < -0.3 is 0 Å². The first kappa shape index (κ1) is 10.7. The number of hydrogen-bond acceptors (Lipinski definition) is 2. The molecule has 0 saturated carbocycles. The van der Waals surface area contributed by atoms with E-state index < -0.39 is 0 Å². The van der Waals surface area contributed by atoms with Crippen molar-refractivity contribution in [3.63, 3.8) is 0 Å². The Hall–Kier alpha value is -1.84. The highest BCUT2D eigenvalue weighted by atomic mass is 16.2. The van der Waals surface area contributed by atoms with E-state index in [2.05, 4.69) is 5.32 Å². The van der Waals surface area contributed by atoms with Crippen molar-refractivity contribution in [2.45, 2.75) is 20.3 Å². The van der Waals surface area contributed by atoms with Crippen LogP contribution < -0.4 is 10.2 Å². The van der Waals surface area contributed by atoms with Crippen LogP contribution in [0.2, 0.25) is 0 Å². The molecule has 0 atom stereocenters. The standard InChI is InChI=1S/C12H14N2O2/c1-8-3-4-10(7-9(8)2)14-6-5-11(15)13-12(14)16/h3-4,7H,5-6H2,1-2H3,(H,13,15,16). The van der Waals surface area contributed by atoms with Crippen LogP contribution in [0.1, 0.15) is 17.5 Å². The van der Waals surface area contributed by atoms with Crippen molar-refractivity contribution < 1.29 is 9.59 Å². The Morgan fingerprint density at radius 2 is 1.94 bits per heavy atom. The second kappa shape index (κ2) is 3.96. The first-order chi connectivity index (χ1) is 7.58. The number of hydrogen-bond donors (Lipinski definition) is 1. The number of urea groups is 1. The Bertz CT molecular complexity index is 454. The predicted octanol–water partition coefficient (Wildman–Crippen LogP) is 1.75. The molecule has 1 N–H and O–H groups in total. The van der Waals surface area contributed by atoms with Crippen LogP contribution in [0.15, 0.2) is 18.2 Å². The van der Waals surface area contributed by atoms with Gasteiger partial charge >= 0.3 is 6.03 Å². The molecule has 16 heavy (non-hydrogen) atoms. The quantitative estimate of drug-likeness (QED) is 0.780. The highest BCUT2D eigenvalue weighted by Crippen LogP contribution is 2.20. The zero-order valence-electron chi connectivity index (χ0n) is 9.41. The van der Waals surface area contributed by atoms with Crippen LogP contribution in [0.3, 0.4) is 0 Å². The van der Waals surface area contributed by atoms with Gasteiger partial charge in [-0.1, -0.05) is 6.07 Å². The summed E-state index contributed by atoms with van der Waals surface area (Å²) < 4.78 is 0. The van der Waals surface area contributed by atoms with Gasteiger partial charge in [0, 0.05) is 18.7 Å². The summed E-state index contributed by atoms with van der Waals surface area (Å²) in [7, 11) is 0. The summed E-state index contributed by atoms with van der Waals surface area (Å²) in [5.74, 6) is -0.204. The fraction of sp³-hybridized carbons (Fsp3) is 0.333.